The minimum absolute atomic E-state index is 0.0299. The fraction of sp³-hybridized carbons (Fsp3) is 0.100. The monoisotopic (exact) mass is 381 g/mol. The summed E-state index contributed by atoms with van der Waals surface area (Å²) in [5.74, 6) is -0.0299. The van der Waals surface area contributed by atoms with Crippen molar-refractivity contribution >= 4 is 28.7 Å². The van der Waals surface area contributed by atoms with Crippen LogP contribution in [0.3, 0.4) is 0 Å². The van der Waals surface area contributed by atoms with Crippen LogP contribution in [0.1, 0.15) is 11.1 Å². The van der Waals surface area contributed by atoms with Crippen LogP contribution in [-0.2, 0) is 12.8 Å². The second-order valence-electron chi connectivity index (χ2n) is 5.86. The van der Waals surface area contributed by atoms with Gasteiger partial charge < -0.3 is 5.11 Å². The van der Waals surface area contributed by atoms with Gasteiger partial charge in [0.15, 0.2) is 5.69 Å². The molecule has 0 radical (unpaired) electrons. The van der Waals surface area contributed by atoms with E-state index in [0.717, 1.165) is 12.0 Å². The third kappa shape index (κ3) is 4.68. The van der Waals surface area contributed by atoms with Gasteiger partial charge in [-0.05, 0) is 42.2 Å². The molecule has 0 saturated carbocycles. The lowest BCUT2D eigenvalue weighted by atomic mass is 10.0. The number of hydrogen-bond donors (Lipinski definition) is 1. The Morgan fingerprint density at radius 2 is 1.59 bits per heavy atom. The van der Waals surface area contributed by atoms with E-state index in [1.54, 1.807) is 18.2 Å². The minimum Gasteiger partial charge on any atom is -0.505 e. The maximum Gasteiger partial charge on any atom is 0.296 e. The summed E-state index contributed by atoms with van der Waals surface area (Å²) >= 11 is 6.15. The lowest BCUT2D eigenvalue weighted by molar-refractivity contribution is -0.384. The number of aryl methyl sites for hydroxylation is 2. The quantitative estimate of drug-likeness (QED) is 0.315. The number of nitrogens with zero attached hydrogens (tertiary/aromatic N) is 3. The highest BCUT2D eigenvalue weighted by Crippen LogP contribution is 2.36. The van der Waals surface area contributed by atoms with Crippen LogP contribution in [0.2, 0.25) is 5.02 Å². The van der Waals surface area contributed by atoms with E-state index in [4.69, 9.17) is 11.6 Å². The van der Waals surface area contributed by atoms with Gasteiger partial charge in [-0.25, -0.2) is 0 Å². The summed E-state index contributed by atoms with van der Waals surface area (Å²) in [5.41, 5.74) is 1.89. The lowest BCUT2D eigenvalue weighted by Gasteiger charge is -2.08. The first-order chi connectivity index (χ1) is 13.0. The summed E-state index contributed by atoms with van der Waals surface area (Å²) < 4.78 is 0. The van der Waals surface area contributed by atoms with E-state index in [0.29, 0.717) is 17.0 Å². The number of nitro groups is 1. The Morgan fingerprint density at radius 3 is 2.33 bits per heavy atom. The zero-order chi connectivity index (χ0) is 19.2. The lowest BCUT2D eigenvalue weighted by Crippen LogP contribution is -1.92. The van der Waals surface area contributed by atoms with Gasteiger partial charge in [0.25, 0.3) is 5.69 Å². The van der Waals surface area contributed by atoms with E-state index < -0.39 is 4.92 Å². The van der Waals surface area contributed by atoms with Crippen LogP contribution in [0, 0.1) is 10.1 Å². The van der Waals surface area contributed by atoms with Crippen LogP contribution in [-0.4, -0.2) is 10.0 Å². The average molecular weight is 382 g/mol. The number of halogens is 1. The zero-order valence-corrected chi connectivity index (χ0v) is 15.0. The normalized spacial score (nSPS) is 11.0. The number of azo groups is 1. The van der Waals surface area contributed by atoms with E-state index in [-0.39, 0.29) is 22.8 Å². The Labute approximate surface area is 160 Å². The van der Waals surface area contributed by atoms with Crippen molar-refractivity contribution in [2.75, 3.05) is 0 Å². The minimum atomic E-state index is -0.530. The number of para-hydroxylation sites is 1. The average Bonchev–Trinajstić information content (AvgIpc) is 2.68. The Hall–Kier alpha value is -3.25. The van der Waals surface area contributed by atoms with Crippen molar-refractivity contribution in [2.24, 2.45) is 10.2 Å². The number of phenols is 1. The molecule has 0 aliphatic heterocycles. The summed E-state index contributed by atoms with van der Waals surface area (Å²) in [7, 11) is 0. The zero-order valence-electron chi connectivity index (χ0n) is 14.2. The highest BCUT2D eigenvalue weighted by Gasteiger charge is 2.13. The summed E-state index contributed by atoms with van der Waals surface area (Å²) in [6.07, 6.45) is 1.31. The molecule has 0 aliphatic carbocycles. The van der Waals surface area contributed by atoms with E-state index in [1.165, 1.54) is 18.2 Å². The molecule has 3 aromatic rings. The molecule has 0 amide bonds. The van der Waals surface area contributed by atoms with Crippen molar-refractivity contribution in [3.63, 3.8) is 0 Å². The highest BCUT2D eigenvalue weighted by atomic mass is 35.5. The van der Waals surface area contributed by atoms with Crippen molar-refractivity contribution in [1.82, 2.24) is 0 Å². The largest absolute Gasteiger partial charge is 0.505 e. The van der Waals surface area contributed by atoms with E-state index in [2.05, 4.69) is 10.2 Å². The fourth-order valence-electron chi connectivity index (χ4n) is 2.64. The molecule has 27 heavy (non-hydrogen) atoms. The number of aromatic hydroxyl groups is 1. The molecule has 0 heterocycles. The van der Waals surface area contributed by atoms with Crippen LogP contribution in [0.4, 0.5) is 17.1 Å². The molecule has 0 bridgehead atoms. The molecule has 6 nitrogen and oxygen atoms in total. The molecule has 136 valence electrons. The van der Waals surface area contributed by atoms with Gasteiger partial charge in [0, 0.05) is 11.1 Å². The molecule has 3 aromatic carbocycles. The predicted octanol–water partition coefficient (Wildman–Crippen LogP) is 6.15. The summed E-state index contributed by atoms with van der Waals surface area (Å²) in [6, 6.07) is 19.1. The first-order valence-corrected chi connectivity index (χ1v) is 8.63. The van der Waals surface area contributed by atoms with Crippen molar-refractivity contribution < 1.29 is 10.0 Å². The van der Waals surface area contributed by atoms with Crippen molar-refractivity contribution in [3.05, 3.63) is 93.0 Å². The van der Waals surface area contributed by atoms with E-state index in [9.17, 15) is 15.2 Å². The number of nitro benzene ring substituents is 1. The van der Waals surface area contributed by atoms with Gasteiger partial charge >= 0.3 is 0 Å². The van der Waals surface area contributed by atoms with Crippen molar-refractivity contribution in [1.29, 1.82) is 0 Å². The molecule has 0 spiro atoms. The smallest absolute Gasteiger partial charge is 0.296 e. The van der Waals surface area contributed by atoms with Crippen molar-refractivity contribution in [2.45, 2.75) is 12.8 Å². The number of hydrogen-bond acceptors (Lipinski definition) is 5. The molecule has 0 atom stereocenters. The Morgan fingerprint density at radius 1 is 0.926 bits per heavy atom. The third-order valence-electron chi connectivity index (χ3n) is 4.00. The molecular formula is C20H16ClN3O3. The molecule has 7 heteroatoms. The van der Waals surface area contributed by atoms with Crippen LogP contribution in [0.25, 0.3) is 0 Å². The first kappa shape index (κ1) is 18.5. The van der Waals surface area contributed by atoms with E-state index >= 15 is 0 Å². The maximum absolute atomic E-state index is 11.1. The predicted molar refractivity (Wildman–Crippen MR) is 104 cm³/mol. The van der Waals surface area contributed by atoms with Gasteiger partial charge in [-0.15, -0.1) is 10.2 Å². The van der Waals surface area contributed by atoms with Crippen LogP contribution in [0.5, 0.6) is 5.75 Å². The van der Waals surface area contributed by atoms with Gasteiger partial charge in [-0.1, -0.05) is 54.1 Å². The number of rotatable bonds is 6. The second kappa shape index (κ2) is 8.42. The van der Waals surface area contributed by atoms with Crippen LogP contribution in [0.15, 0.2) is 77.0 Å². The fourth-order valence-corrected chi connectivity index (χ4v) is 2.88. The standard InChI is InChI=1S/C20H16ClN3O3/c21-16-12-15(11-10-14-6-2-1-3-7-14)20(25)18(13-16)23-22-17-8-4-5-9-19(17)24(26)27/h1-9,12-13,25H,10-11H2/b23-22+. The topological polar surface area (TPSA) is 88.1 Å². The Bertz CT molecular complexity index is 991. The molecule has 0 saturated heterocycles. The van der Waals surface area contributed by atoms with Gasteiger partial charge in [0.2, 0.25) is 0 Å². The molecule has 0 unspecified atom stereocenters. The highest BCUT2D eigenvalue weighted by molar-refractivity contribution is 6.31. The maximum atomic E-state index is 11.1. The number of benzene rings is 3. The Balaban J connectivity index is 1.86. The van der Waals surface area contributed by atoms with Crippen molar-refractivity contribution in [3.8, 4) is 5.75 Å². The van der Waals surface area contributed by atoms with Crippen LogP contribution < -0.4 is 0 Å². The van der Waals surface area contributed by atoms with E-state index in [1.807, 2.05) is 30.3 Å². The van der Waals surface area contributed by atoms with Gasteiger partial charge in [-0.3, -0.25) is 10.1 Å². The molecule has 0 fully saturated rings. The van der Waals surface area contributed by atoms with Gasteiger partial charge in [0.05, 0.1) is 4.92 Å². The number of phenolic OH excluding ortho intramolecular Hbond substituents is 1. The molecular weight excluding hydrogens is 366 g/mol. The summed E-state index contributed by atoms with van der Waals surface area (Å²) in [4.78, 5) is 10.5. The molecule has 0 aromatic heterocycles. The third-order valence-corrected chi connectivity index (χ3v) is 4.22. The molecule has 1 N–H and O–H groups in total. The van der Waals surface area contributed by atoms with Gasteiger partial charge in [-0.2, -0.15) is 0 Å². The second-order valence-corrected chi connectivity index (χ2v) is 6.30. The SMILES string of the molecule is O=[N+]([O-])c1ccccc1/N=N/c1cc(Cl)cc(CCc2ccccc2)c1O. The summed E-state index contributed by atoms with van der Waals surface area (Å²) in [5, 5.41) is 29.9. The molecule has 3 rings (SSSR count). The molecule has 0 aliphatic rings. The van der Waals surface area contributed by atoms with Crippen LogP contribution >= 0.6 is 11.6 Å². The van der Waals surface area contributed by atoms with Gasteiger partial charge in [0.1, 0.15) is 11.4 Å². The Kier molecular flexibility index (Phi) is 5.78. The summed E-state index contributed by atoms with van der Waals surface area (Å²) in [6.45, 7) is 0. The first-order valence-electron chi connectivity index (χ1n) is 8.25.